The molecule has 0 aromatic heterocycles. The second kappa shape index (κ2) is 4.25. The molecule has 0 spiro atoms. The number of hydrogen-bond acceptors (Lipinski definition) is 3. The van der Waals surface area contributed by atoms with Crippen LogP contribution in [0.15, 0.2) is 18.2 Å². The molecule has 0 radical (unpaired) electrons. The van der Waals surface area contributed by atoms with Gasteiger partial charge in [-0.1, -0.05) is 11.6 Å². The fourth-order valence-electron chi connectivity index (χ4n) is 0.959. The Morgan fingerprint density at radius 1 is 1.54 bits per heavy atom. The van der Waals surface area contributed by atoms with Crippen molar-refractivity contribution < 1.29 is 9.53 Å². The summed E-state index contributed by atoms with van der Waals surface area (Å²) in [4.78, 5) is 11.2. The first-order chi connectivity index (χ1) is 6.17. The molecular weight excluding hydrogens is 190 g/mol. The van der Waals surface area contributed by atoms with E-state index in [1.807, 2.05) is 0 Å². The number of halogens is 1. The molecule has 0 saturated carbocycles. The van der Waals surface area contributed by atoms with Gasteiger partial charge in [0.15, 0.2) is 5.78 Å². The van der Waals surface area contributed by atoms with E-state index < -0.39 is 0 Å². The first-order valence-electron chi connectivity index (χ1n) is 3.75. The lowest BCUT2D eigenvalue weighted by atomic mass is 10.1. The zero-order valence-electron chi connectivity index (χ0n) is 7.21. The fraction of sp³-hybridized carbons (Fsp3) is 0.222. The van der Waals surface area contributed by atoms with Crippen LogP contribution in [0.3, 0.4) is 0 Å². The predicted molar refractivity (Wildman–Crippen MR) is 51.4 cm³/mol. The van der Waals surface area contributed by atoms with Gasteiger partial charge in [-0.25, -0.2) is 0 Å². The summed E-state index contributed by atoms with van der Waals surface area (Å²) in [7, 11) is 1.52. The topological polar surface area (TPSA) is 52.3 Å². The van der Waals surface area contributed by atoms with Crippen molar-refractivity contribution >= 4 is 17.4 Å². The van der Waals surface area contributed by atoms with E-state index in [0.29, 0.717) is 16.3 Å². The van der Waals surface area contributed by atoms with Gasteiger partial charge >= 0.3 is 0 Å². The normalized spacial score (nSPS) is 9.77. The first kappa shape index (κ1) is 10.0. The average molecular weight is 200 g/mol. The molecule has 70 valence electrons. The lowest BCUT2D eigenvalue weighted by Gasteiger charge is -2.03. The zero-order chi connectivity index (χ0) is 9.84. The summed E-state index contributed by atoms with van der Waals surface area (Å²) >= 11 is 5.76. The molecule has 0 saturated heterocycles. The average Bonchev–Trinajstić information content (AvgIpc) is 2.15. The maximum Gasteiger partial charge on any atom is 0.176 e. The minimum absolute atomic E-state index is 0.0243. The maximum absolute atomic E-state index is 11.2. The van der Waals surface area contributed by atoms with Crippen molar-refractivity contribution in [1.82, 2.24) is 0 Å². The molecule has 0 atom stereocenters. The molecule has 0 bridgehead atoms. The Balaban J connectivity index is 3.08. The number of methoxy groups -OCH3 is 1. The Hall–Kier alpha value is -1.06. The molecule has 0 fully saturated rings. The summed E-state index contributed by atoms with van der Waals surface area (Å²) in [5.74, 6) is 0.408. The van der Waals surface area contributed by atoms with E-state index in [9.17, 15) is 4.79 Å². The quantitative estimate of drug-likeness (QED) is 0.751. The minimum Gasteiger partial charge on any atom is -0.497 e. The predicted octanol–water partition coefficient (Wildman–Crippen LogP) is 1.49. The Morgan fingerprint density at radius 2 is 2.23 bits per heavy atom. The number of Topliss-reactive ketones (excluding diaryl/α,β-unsaturated/α-hetero) is 1. The van der Waals surface area contributed by atoms with Gasteiger partial charge in [0, 0.05) is 10.6 Å². The molecule has 0 aliphatic rings. The highest BCUT2D eigenvalue weighted by molar-refractivity contribution is 6.31. The van der Waals surface area contributed by atoms with E-state index in [4.69, 9.17) is 22.1 Å². The van der Waals surface area contributed by atoms with Gasteiger partial charge in [0.1, 0.15) is 5.75 Å². The second-order valence-corrected chi connectivity index (χ2v) is 2.94. The Morgan fingerprint density at radius 3 is 2.77 bits per heavy atom. The van der Waals surface area contributed by atoms with Crippen molar-refractivity contribution in [3.05, 3.63) is 28.8 Å². The van der Waals surface area contributed by atoms with Crippen LogP contribution in [0.5, 0.6) is 5.75 Å². The van der Waals surface area contributed by atoms with Crippen LogP contribution in [-0.4, -0.2) is 19.4 Å². The van der Waals surface area contributed by atoms with Gasteiger partial charge in [-0.2, -0.15) is 0 Å². The van der Waals surface area contributed by atoms with Crippen LogP contribution >= 0.6 is 11.6 Å². The molecular formula is C9H10ClNO2. The number of carbonyl (C=O) groups excluding carboxylic acids is 1. The summed E-state index contributed by atoms with van der Waals surface area (Å²) in [5.41, 5.74) is 5.69. The number of benzene rings is 1. The number of carbonyl (C=O) groups is 1. The van der Waals surface area contributed by atoms with Gasteiger partial charge in [0.25, 0.3) is 0 Å². The van der Waals surface area contributed by atoms with Crippen molar-refractivity contribution in [2.45, 2.75) is 0 Å². The minimum atomic E-state index is -0.152. The molecule has 0 heterocycles. The van der Waals surface area contributed by atoms with E-state index in [1.54, 1.807) is 18.2 Å². The third kappa shape index (κ3) is 2.44. The highest BCUT2D eigenvalue weighted by atomic mass is 35.5. The van der Waals surface area contributed by atoms with Crippen molar-refractivity contribution in [2.24, 2.45) is 5.73 Å². The standard InChI is InChI=1S/C9H10ClNO2/c1-13-8-3-6(9(12)5-11)2-7(10)4-8/h2-4H,5,11H2,1H3. The molecule has 1 aromatic rings. The molecule has 2 N–H and O–H groups in total. The molecule has 0 amide bonds. The van der Waals surface area contributed by atoms with Crippen LogP contribution in [-0.2, 0) is 0 Å². The second-order valence-electron chi connectivity index (χ2n) is 2.51. The highest BCUT2D eigenvalue weighted by Crippen LogP contribution is 2.20. The van der Waals surface area contributed by atoms with Crippen LogP contribution < -0.4 is 10.5 Å². The van der Waals surface area contributed by atoms with E-state index in [-0.39, 0.29) is 12.3 Å². The molecule has 1 rings (SSSR count). The molecule has 13 heavy (non-hydrogen) atoms. The van der Waals surface area contributed by atoms with Crippen LogP contribution in [0.4, 0.5) is 0 Å². The van der Waals surface area contributed by atoms with Crippen LogP contribution in [0.1, 0.15) is 10.4 Å². The monoisotopic (exact) mass is 199 g/mol. The van der Waals surface area contributed by atoms with Crippen LogP contribution in [0, 0.1) is 0 Å². The highest BCUT2D eigenvalue weighted by Gasteiger charge is 2.06. The zero-order valence-corrected chi connectivity index (χ0v) is 7.97. The lowest BCUT2D eigenvalue weighted by Crippen LogP contribution is -2.13. The number of nitrogens with two attached hydrogens (primary N) is 1. The molecule has 3 nitrogen and oxygen atoms in total. The third-order valence-electron chi connectivity index (χ3n) is 1.61. The van der Waals surface area contributed by atoms with E-state index >= 15 is 0 Å². The lowest BCUT2D eigenvalue weighted by molar-refractivity contribution is 0.100. The summed E-state index contributed by atoms with van der Waals surface area (Å²) in [6, 6.07) is 4.81. The SMILES string of the molecule is COc1cc(Cl)cc(C(=O)CN)c1. The third-order valence-corrected chi connectivity index (χ3v) is 1.83. The van der Waals surface area contributed by atoms with Crippen molar-refractivity contribution in [3.8, 4) is 5.75 Å². The Kier molecular flexibility index (Phi) is 3.28. The summed E-state index contributed by atoms with van der Waals surface area (Å²) in [6.07, 6.45) is 0. The van der Waals surface area contributed by atoms with Gasteiger partial charge in [-0.05, 0) is 18.2 Å². The van der Waals surface area contributed by atoms with Gasteiger partial charge in [-0.3, -0.25) is 4.79 Å². The number of hydrogen-bond donors (Lipinski definition) is 1. The van der Waals surface area contributed by atoms with Crippen molar-refractivity contribution in [2.75, 3.05) is 13.7 Å². The van der Waals surface area contributed by atoms with Crippen LogP contribution in [0.2, 0.25) is 5.02 Å². The van der Waals surface area contributed by atoms with E-state index in [1.165, 1.54) is 7.11 Å². The summed E-state index contributed by atoms with van der Waals surface area (Å²) < 4.78 is 4.95. The van der Waals surface area contributed by atoms with Gasteiger partial charge in [-0.15, -0.1) is 0 Å². The number of ether oxygens (including phenoxy) is 1. The number of ketones is 1. The van der Waals surface area contributed by atoms with Crippen molar-refractivity contribution in [1.29, 1.82) is 0 Å². The largest absolute Gasteiger partial charge is 0.497 e. The molecule has 4 heteroatoms. The smallest absolute Gasteiger partial charge is 0.176 e. The molecule has 0 unspecified atom stereocenters. The molecule has 0 aliphatic carbocycles. The fourth-order valence-corrected chi connectivity index (χ4v) is 1.18. The Labute approximate surface area is 81.4 Å². The van der Waals surface area contributed by atoms with E-state index in [2.05, 4.69) is 0 Å². The van der Waals surface area contributed by atoms with E-state index in [0.717, 1.165) is 0 Å². The van der Waals surface area contributed by atoms with Gasteiger partial charge < -0.3 is 10.5 Å². The molecule has 0 aliphatic heterocycles. The van der Waals surface area contributed by atoms with Crippen LogP contribution in [0.25, 0.3) is 0 Å². The van der Waals surface area contributed by atoms with Gasteiger partial charge in [0.2, 0.25) is 0 Å². The first-order valence-corrected chi connectivity index (χ1v) is 4.13. The maximum atomic E-state index is 11.2. The summed E-state index contributed by atoms with van der Waals surface area (Å²) in [6.45, 7) is -0.0243. The Bertz CT molecular complexity index is 325. The van der Waals surface area contributed by atoms with Gasteiger partial charge in [0.05, 0.1) is 13.7 Å². The van der Waals surface area contributed by atoms with Crippen molar-refractivity contribution in [3.63, 3.8) is 0 Å². The molecule has 1 aromatic carbocycles. The number of rotatable bonds is 3. The summed E-state index contributed by atoms with van der Waals surface area (Å²) in [5, 5.41) is 0.469.